The second-order valence-corrected chi connectivity index (χ2v) is 5.87. The van der Waals surface area contributed by atoms with Crippen LogP contribution in [0.4, 0.5) is 0 Å². The average molecular weight is 261 g/mol. The van der Waals surface area contributed by atoms with Crippen LogP contribution in [0.2, 0.25) is 0 Å². The van der Waals surface area contributed by atoms with Crippen LogP contribution in [0, 0.1) is 5.92 Å². The molecule has 1 N–H and O–H groups in total. The number of hydrogen-bond acceptors (Lipinski definition) is 3. The summed E-state index contributed by atoms with van der Waals surface area (Å²) in [5.41, 5.74) is 4.26. The molecule has 0 atom stereocenters. The molecule has 1 aromatic rings. The van der Waals surface area contributed by atoms with E-state index in [1.54, 1.807) is 6.26 Å². The van der Waals surface area contributed by atoms with Gasteiger partial charge in [0.25, 0.3) is 0 Å². The van der Waals surface area contributed by atoms with E-state index in [4.69, 9.17) is 4.42 Å². The molecular formula is C16H23NO2. The normalized spacial score (nSPS) is 15.9. The first-order chi connectivity index (χ1) is 8.93. The van der Waals surface area contributed by atoms with Crippen LogP contribution in [-0.4, -0.2) is 12.3 Å². The second-order valence-electron chi connectivity index (χ2n) is 5.87. The van der Waals surface area contributed by atoms with Crippen LogP contribution in [0.15, 0.2) is 16.3 Å². The molecular weight excluding hydrogens is 238 g/mol. The van der Waals surface area contributed by atoms with Crippen molar-refractivity contribution in [3.8, 4) is 0 Å². The largest absolute Gasteiger partial charge is 0.468 e. The number of fused-ring (bicyclic) bond motifs is 1. The fraction of sp³-hybridized carbons (Fsp3) is 0.562. The van der Waals surface area contributed by atoms with Crippen LogP contribution in [-0.2, 0) is 11.3 Å². The number of hydrogen-bond donors (Lipinski definition) is 1. The van der Waals surface area contributed by atoms with Crippen molar-refractivity contribution in [3.05, 3.63) is 28.7 Å². The Hall–Kier alpha value is -1.35. The van der Waals surface area contributed by atoms with Crippen molar-refractivity contribution in [1.82, 2.24) is 5.32 Å². The minimum Gasteiger partial charge on any atom is -0.468 e. The Morgan fingerprint density at radius 1 is 1.26 bits per heavy atom. The van der Waals surface area contributed by atoms with Crippen LogP contribution >= 0.6 is 0 Å². The van der Waals surface area contributed by atoms with Crippen LogP contribution in [0.5, 0.6) is 0 Å². The predicted octanol–water partition coefficient (Wildman–Crippen LogP) is 3.50. The second kappa shape index (κ2) is 5.33. The number of carbonyl (C=O) groups excluding carboxylic acids is 1. The number of rotatable bonds is 3. The number of Topliss-reactive ketones (excluding diaryl/α,β-unsaturated/α-hetero) is 1. The third-order valence-electron chi connectivity index (χ3n) is 3.73. The van der Waals surface area contributed by atoms with Gasteiger partial charge in [0.05, 0.1) is 6.26 Å². The predicted molar refractivity (Wildman–Crippen MR) is 76.9 cm³/mol. The summed E-state index contributed by atoms with van der Waals surface area (Å²) in [7, 11) is 0. The molecule has 104 valence electrons. The molecule has 19 heavy (non-hydrogen) atoms. The zero-order valence-electron chi connectivity index (χ0n) is 12.5. The summed E-state index contributed by atoms with van der Waals surface area (Å²) in [4.78, 5) is 12.3. The van der Waals surface area contributed by atoms with E-state index in [9.17, 15) is 4.79 Å². The lowest BCUT2D eigenvalue weighted by Crippen LogP contribution is -2.22. The van der Waals surface area contributed by atoms with Crippen molar-refractivity contribution < 1.29 is 9.21 Å². The van der Waals surface area contributed by atoms with E-state index in [1.807, 2.05) is 20.8 Å². The van der Waals surface area contributed by atoms with E-state index in [-0.39, 0.29) is 11.7 Å². The first-order valence-corrected chi connectivity index (χ1v) is 6.98. The third-order valence-corrected chi connectivity index (χ3v) is 3.73. The van der Waals surface area contributed by atoms with Crippen molar-refractivity contribution in [2.45, 2.75) is 47.1 Å². The summed E-state index contributed by atoms with van der Waals surface area (Å²) in [6.45, 7) is 11.6. The number of furan rings is 1. The van der Waals surface area contributed by atoms with Crippen LogP contribution < -0.4 is 5.32 Å². The molecule has 0 unspecified atom stereocenters. The molecule has 3 heteroatoms. The van der Waals surface area contributed by atoms with E-state index in [1.165, 1.54) is 5.56 Å². The third kappa shape index (κ3) is 2.52. The van der Waals surface area contributed by atoms with Gasteiger partial charge in [0.2, 0.25) is 0 Å². The zero-order chi connectivity index (χ0) is 14.2. The standard InChI is InChI=1S/C16H23NO2/c1-9(2)15(18)12-6-17-7-13-14(11(12)5)8-19-16(13)10(3)4/h8-10,17H,6-7H2,1-5H3. The lowest BCUT2D eigenvalue weighted by molar-refractivity contribution is -0.118. The van der Waals surface area contributed by atoms with Crippen molar-refractivity contribution in [1.29, 1.82) is 0 Å². The average Bonchev–Trinajstić information content (AvgIpc) is 2.70. The minimum atomic E-state index is 0.0322. The van der Waals surface area contributed by atoms with E-state index in [2.05, 4.69) is 19.2 Å². The summed E-state index contributed by atoms with van der Waals surface area (Å²) >= 11 is 0. The zero-order valence-corrected chi connectivity index (χ0v) is 12.5. The molecule has 1 aromatic heterocycles. The summed E-state index contributed by atoms with van der Waals surface area (Å²) in [6, 6.07) is 0. The highest BCUT2D eigenvalue weighted by atomic mass is 16.3. The summed E-state index contributed by atoms with van der Waals surface area (Å²) in [6.07, 6.45) is 1.81. The smallest absolute Gasteiger partial charge is 0.162 e. The van der Waals surface area contributed by atoms with Gasteiger partial charge in [-0.2, -0.15) is 0 Å². The maximum absolute atomic E-state index is 12.3. The highest BCUT2D eigenvalue weighted by Crippen LogP contribution is 2.33. The molecule has 0 radical (unpaired) electrons. The number of carbonyl (C=O) groups is 1. The fourth-order valence-corrected chi connectivity index (χ4v) is 2.61. The van der Waals surface area contributed by atoms with Crippen molar-refractivity contribution >= 4 is 11.4 Å². The van der Waals surface area contributed by atoms with Crippen LogP contribution in [0.25, 0.3) is 5.57 Å². The van der Waals surface area contributed by atoms with Crippen molar-refractivity contribution in [3.63, 3.8) is 0 Å². The Balaban J connectivity index is 2.50. The first kappa shape index (κ1) is 14.1. The van der Waals surface area contributed by atoms with Gasteiger partial charge in [0.1, 0.15) is 5.76 Å². The van der Waals surface area contributed by atoms with Crippen molar-refractivity contribution in [2.75, 3.05) is 6.54 Å². The molecule has 0 fully saturated rings. The molecule has 0 spiro atoms. The van der Waals surface area contributed by atoms with E-state index < -0.39 is 0 Å². The van der Waals surface area contributed by atoms with Crippen LogP contribution in [0.1, 0.15) is 57.4 Å². The molecule has 2 rings (SSSR count). The Kier molecular flexibility index (Phi) is 3.95. The first-order valence-electron chi connectivity index (χ1n) is 6.98. The van der Waals surface area contributed by atoms with Gasteiger partial charge < -0.3 is 9.73 Å². The van der Waals surface area contributed by atoms with Gasteiger partial charge in [-0.25, -0.2) is 0 Å². The quantitative estimate of drug-likeness (QED) is 0.905. The molecule has 0 aromatic carbocycles. The maximum Gasteiger partial charge on any atom is 0.162 e. The fourth-order valence-electron chi connectivity index (χ4n) is 2.61. The molecule has 1 aliphatic rings. The molecule has 2 heterocycles. The summed E-state index contributed by atoms with van der Waals surface area (Å²) in [5.74, 6) is 1.65. The van der Waals surface area contributed by atoms with Crippen LogP contribution in [0.3, 0.4) is 0 Å². The van der Waals surface area contributed by atoms with Gasteiger partial charge in [-0.05, 0) is 12.5 Å². The summed E-state index contributed by atoms with van der Waals surface area (Å²) < 4.78 is 5.71. The number of ketones is 1. The van der Waals surface area contributed by atoms with Gasteiger partial charge in [-0.3, -0.25) is 4.79 Å². The monoisotopic (exact) mass is 261 g/mol. The van der Waals surface area contributed by atoms with Gasteiger partial charge in [0, 0.05) is 41.6 Å². The van der Waals surface area contributed by atoms with Crippen molar-refractivity contribution in [2.24, 2.45) is 5.92 Å². The minimum absolute atomic E-state index is 0.0322. The van der Waals surface area contributed by atoms with Gasteiger partial charge in [0.15, 0.2) is 5.78 Å². The highest BCUT2D eigenvalue weighted by Gasteiger charge is 2.25. The Morgan fingerprint density at radius 2 is 1.95 bits per heavy atom. The molecule has 0 amide bonds. The van der Waals surface area contributed by atoms with E-state index >= 15 is 0 Å². The molecule has 0 saturated heterocycles. The molecule has 1 aliphatic heterocycles. The molecule has 0 aliphatic carbocycles. The maximum atomic E-state index is 12.3. The molecule has 0 bridgehead atoms. The van der Waals surface area contributed by atoms with E-state index in [0.717, 1.165) is 29.0 Å². The molecule has 0 saturated carbocycles. The Bertz CT molecular complexity index is 521. The lowest BCUT2D eigenvalue weighted by Gasteiger charge is -2.10. The highest BCUT2D eigenvalue weighted by molar-refractivity contribution is 6.04. The van der Waals surface area contributed by atoms with Gasteiger partial charge in [-0.1, -0.05) is 27.7 Å². The molecule has 3 nitrogen and oxygen atoms in total. The van der Waals surface area contributed by atoms with Gasteiger partial charge in [-0.15, -0.1) is 0 Å². The number of allylic oxidation sites excluding steroid dienone is 1. The topological polar surface area (TPSA) is 42.2 Å². The summed E-state index contributed by atoms with van der Waals surface area (Å²) in [5, 5.41) is 3.36. The Labute approximate surface area is 115 Å². The van der Waals surface area contributed by atoms with E-state index in [0.29, 0.717) is 12.5 Å². The Morgan fingerprint density at radius 3 is 2.53 bits per heavy atom. The lowest BCUT2D eigenvalue weighted by atomic mass is 9.93. The van der Waals surface area contributed by atoms with Gasteiger partial charge >= 0.3 is 0 Å². The number of nitrogens with one attached hydrogen (secondary N) is 1. The SMILES string of the molecule is CC1=C(C(=O)C(C)C)CNCc2c1coc2C(C)C.